The summed E-state index contributed by atoms with van der Waals surface area (Å²) >= 11 is 0. The molecule has 1 aromatic carbocycles. The number of carbonyl (C=O) groups excluding carboxylic acids is 2. The molecule has 0 bridgehead atoms. The molecule has 23 heavy (non-hydrogen) atoms. The Kier molecular flexibility index (Phi) is 5.00. The zero-order valence-corrected chi connectivity index (χ0v) is 13.7. The van der Waals surface area contributed by atoms with Gasteiger partial charge in [-0.1, -0.05) is 6.92 Å². The van der Waals surface area contributed by atoms with Crippen molar-refractivity contribution in [1.82, 2.24) is 9.78 Å². The first kappa shape index (κ1) is 16.5. The Hall–Kier alpha value is -2.83. The van der Waals surface area contributed by atoms with Crippen molar-refractivity contribution < 1.29 is 9.59 Å². The molecule has 2 aromatic rings. The number of carbonyl (C=O) groups is 2. The number of anilines is 3. The van der Waals surface area contributed by atoms with Gasteiger partial charge in [0.15, 0.2) is 0 Å². The molecule has 0 fully saturated rings. The summed E-state index contributed by atoms with van der Waals surface area (Å²) in [6.07, 6.45) is 0.423. The molecule has 2 rings (SSSR count). The van der Waals surface area contributed by atoms with Gasteiger partial charge in [0.2, 0.25) is 5.91 Å². The summed E-state index contributed by atoms with van der Waals surface area (Å²) in [5, 5.41) is 12.5. The van der Waals surface area contributed by atoms with Crippen molar-refractivity contribution in [1.29, 1.82) is 0 Å². The van der Waals surface area contributed by atoms with E-state index in [2.05, 4.69) is 21.0 Å². The third kappa shape index (κ3) is 4.32. The van der Waals surface area contributed by atoms with Crippen molar-refractivity contribution in [2.75, 3.05) is 16.0 Å². The molecule has 7 nitrogen and oxygen atoms in total. The molecule has 122 valence electrons. The Morgan fingerprint density at radius 3 is 2.43 bits per heavy atom. The van der Waals surface area contributed by atoms with E-state index in [-0.39, 0.29) is 11.9 Å². The van der Waals surface area contributed by atoms with Crippen molar-refractivity contribution >= 4 is 29.1 Å². The van der Waals surface area contributed by atoms with Crippen LogP contribution in [0.1, 0.15) is 24.6 Å². The Morgan fingerprint density at radius 2 is 1.87 bits per heavy atom. The van der Waals surface area contributed by atoms with Gasteiger partial charge in [-0.2, -0.15) is 5.10 Å². The van der Waals surface area contributed by atoms with E-state index < -0.39 is 0 Å². The van der Waals surface area contributed by atoms with Gasteiger partial charge in [0, 0.05) is 30.9 Å². The number of nitrogens with zero attached hydrogens (tertiary/aromatic N) is 2. The lowest BCUT2D eigenvalue weighted by Gasteiger charge is -2.11. The van der Waals surface area contributed by atoms with Crippen LogP contribution in [0.25, 0.3) is 0 Å². The number of hydrogen-bond donors (Lipinski definition) is 3. The maximum absolute atomic E-state index is 12.0. The first-order valence-electron chi connectivity index (χ1n) is 7.38. The number of aryl methyl sites for hydroxylation is 3. The minimum Gasteiger partial charge on any atom is -0.326 e. The Bertz CT molecular complexity index is 736. The lowest BCUT2D eigenvalue weighted by molar-refractivity contribution is -0.115. The van der Waals surface area contributed by atoms with Crippen molar-refractivity contribution in [3.05, 3.63) is 35.5 Å². The molecule has 0 spiro atoms. The number of hydrogen-bond acceptors (Lipinski definition) is 3. The molecule has 0 saturated heterocycles. The van der Waals surface area contributed by atoms with Gasteiger partial charge in [0.05, 0.1) is 5.69 Å². The SMILES string of the molecule is CCC(=O)Nc1ccc(NC(=O)Nc2cc(C)nn2C)cc1C. The van der Waals surface area contributed by atoms with Crippen LogP contribution in [0.5, 0.6) is 0 Å². The molecular weight excluding hydrogens is 294 g/mol. The second-order valence-electron chi connectivity index (χ2n) is 5.31. The molecule has 7 heteroatoms. The average Bonchev–Trinajstić information content (AvgIpc) is 2.79. The monoisotopic (exact) mass is 315 g/mol. The van der Waals surface area contributed by atoms with Crippen molar-refractivity contribution in [3.63, 3.8) is 0 Å². The summed E-state index contributed by atoms with van der Waals surface area (Å²) in [7, 11) is 1.76. The van der Waals surface area contributed by atoms with Crippen LogP contribution in [0.15, 0.2) is 24.3 Å². The lowest BCUT2D eigenvalue weighted by Crippen LogP contribution is -2.21. The fraction of sp³-hybridized carbons (Fsp3) is 0.312. The first-order chi connectivity index (χ1) is 10.9. The summed E-state index contributed by atoms with van der Waals surface area (Å²) in [6.45, 7) is 5.53. The Morgan fingerprint density at radius 1 is 1.13 bits per heavy atom. The third-order valence-corrected chi connectivity index (χ3v) is 3.32. The molecule has 0 unspecified atom stereocenters. The van der Waals surface area contributed by atoms with Gasteiger partial charge < -0.3 is 10.6 Å². The van der Waals surface area contributed by atoms with Crippen LogP contribution in [0.4, 0.5) is 22.0 Å². The molecule has 1 heterocycles. The minimum absolute atomic E-state index is 0.0434. The second-order valence-corrected chi connectivity index (χ2v) is 5.31. The molecule has 0 atom stereocenters. The highest BCUT2D eigenvalue weighted by atomic mass is 16.2. The number of benzene rings is 1. The summed E-state index contributed by atoms with van der Waals surface area (Å²) in [6, 6.07) is 6.75. The molecule has 3 N–H and O–H groups in total. The van der Waals surface area contributed by atoms with Crippen molar-refractivity contribution in [3.8, 4) is 0 Å². The van der Waals surface area contributed by atoms with Crippen LogP contribution in [-0.4, -0.2) is 21.7 Å². The van der Waals surface area contributed by atoms with Crippen LogP contribution in [0.2, 0.25) is 0 Å². The highest BCUT2D eigenvalue weighted by molar-refractivity contribution is 5.99. The fourth-order valence-corrected chi connectivity index (χ4v) is 2.13. The van der Waals surface area contributed by atoms with Gasteiger partial charge in [0.1, 0.15) is 5.82 Å². The van der Waals surface area contributed by atoms with Crippen LogP contribution < -0.4 is 16.0 Å². The van der Waals surface area contributed by atoms with Gasteiger partial charge in [0.25, 0.3) is 0 Å². The van der Waals surface area contributed by atoms with E-state index in [9.17, 15) is 9.59 Å². The number of rotatable bonds is 4. The molecule has 0 aliphatic heterocycles. The number of aromatic nitrogens is 2. The summed E-state index contributed by atoms with van der Waals surface area (Å²) in [4.78, 5) is 23.5. The predicted octanol–water partition coefficient (Wildman–Crippen LogP) is 3.03. The first-order valence-corrected chi connectivity index (χ1v) is 7.38. The van der Waals surface area contributed by atoms with E-state index in [1.165, 1.54) is 0 Å². The van der Waals surface area contributed by atoms with Gasteiger partial charge in [-0.3, -0.25) is 14.8 Å². The zero-order valence-electron chi connectivity index (χ0n) is 13.7. The normalized spacial score (nSPS) is 10.3. The van der Waals surface area contributed by atoms with Gasteiger partial charge >= 0.3 is 6.03 Å². The maximum atomic E-state index is 12.0. The standard InChI is InChI=1S/C16H21N5O2/c1-5-15(22)18-13-7-6-12(8-10(13)2)17-16(23)19-14-9-11(3)20-21(14)4/h6-9H,5H2,1-4H3,(H,18,22)(H2,17,19,23). The molecule has 1 aromatic heterocycles. The summed E-state index contributed by atoms with van der Waals surface area (Å²) in [5.74, 6) is 0.571. The summed E-state index contributed by atoms with van der Waals surface area (Å²) in [5.41, 5.74) is 3.09. The van der Waals surface area contributed by atoms with E-state index >= 15 is 0 Å². The van der Waals surface area contributed by atoms with Crippen LogP contribution in [0.3, 0.4) is 0 Å². The average molecular weight is 315 g/mol. The topological polar surface area (TPSA) is 88.1 Å². The van der Waals surface area contributed by atoms with E-state index in [1.54, 1.807) is 42.9 Å². The second kappa shape index (κ2) is 6.95. The largest absolute Gasteiger partial charge is 0.326 e. The molecule has 0 aliphatic carbocycles. The van der Waals surface area contributed by atoms with Crippen LogP contribution in [-0.2, 0) is 11.8 Å². The molecule has 3 amide bonds. The van der Waals surface area contributed by atoms with E-state index in [0.717, 1.165) is 16.9 Å². The molecule has 0 aliphatic rings. The van der Waals surface area contributed by atoms with Crippen LogP contribution in [0, 0.1) is 13.8 Å². The highest BCUT2D eigenvalue weighted by Crippen LogP contribution is 2.20. The number of urea groups is 1. The number of amides is 3. The third-order valence-electron chi connectivity index (χ3n) is 3.32. The van der Waals surface area contributed by atoms with Gasteiger partial charge in [-0.05, 0) is 37.6 Å². The maximum Gasteiger partial charge on any atom is 0.324 e. The molecule has 0 saturated carbocycles. The fourth-order valence-electron chi connectivity index (χ4n) is 2.13. The minimum atomic E-state index is -0.349. The van der Waals surface area contributed by atoms with Crippen molar-refractivity contribution in [2.24, 2.45) is 7.05 Å². The van der Waals surface area contributed by atoms with Gasteiger partial charge in [-0.15, -0.1) is 0 Å². The van der Waals surface area contributed by atoms with Crippen LogP contribution >= 0.6 is 0 Å². The van der Waals surface area contributed by atoms with E-state index in [4.69, 9.17) is 0 Å². The molecular formula is C16H21N5O2. The van der Waals surface area contributed by atoms with Gasteiger partial charge in [-0.25, -0.2) is 4.79 Å². The quantitative estimate of drug-likeness (QED) is 0.810. The number of nitrogens with one attached hydrogen (secondary N) is 3. The van der Waals surface area contributed by atoms with E-state index in [0.29, 0.717) is 17.9 Å². The van der Waals surface area contributed by atoms with Crippen molar-refractivity contribution in [2.45, 2.75) is 27.2 Å². The predicted molar refractivity (Wildman–Crippen MR) is 90.7 cm³/mol. The lowest BCUT2D eigenvalue weighted by atomic mass is 10.1. The summed E-state index contributed by atoms with van der Waals surface area (Å²) < 4.78 is 1.60. The Balaban J connectivity index is 2.02. The molecule has 0 radical (unpaired) electrons. The smallest absolute Gasteiger partial charge is 0.324 e. The van der Waals surface area contributed by atoms with E-state index in [1.807, 2.05) is 13.8 Å². The highest BCUT2D eigenvalue weighted by Gasteiger charge is 2.09. The Labute approximate surface area is 135 Å². The zero-order chi connectivity index (χ0) is 17.0.